The number of aromatic nitrogens is 1. The van der Waals surface area contributed by atoms with Crippen molar-refractivity contribution in [3.05, 3.63) is 33.7 Å². The van der Waals surface area contributed by atoms with Crippen LogP contribution >= 0.6 is 0 Å². The highest BCUT2D eigenvalue weighted by molar-refractivity contribution is 5.85. The largest absolute Gasteiger partial charge is 0.477 e. The van der Waals surface area contributed by atoms with Crippen molar-refractivity contribution in [2.24, 2.45) is 5.92 Å². The molecule has 0 unspecified atom stereocenters. The van der Waals surface area contributed by atoms with Crippen molar-refractivity contribution in [3.63, 3.8) is 0 Å². The minimum absolute atomic E-state index is 0.0321. The van der Waals surface area contributed by atoms with Crippen LogP contribution in [0.15, 0.2) is 16.9 Å². The maximum atomic E-state index is 12.6. The summed E-state index contributed by atoms with van der Waals surface area (Å²) >= 11 is 0. The Kier molecular flexibility index (Phi) is 2.92. The molecule has 1 aliphatic rings. The number of carboxylic acids is 1. The Bertz CT molecular complexity index is 543. The number of rotatable bonds is 3. The maximum Gasteiger partial charge on any atom is 0.421 e. The molecule has 0 aliphatic heterocycles. The maximum absolute atomic E-state index is 12.6. The molecule has 0 aromatic carbocycles. The van der Waals surface area contributed by atoms with Gasteiger partial charge in [-0.2, -0.15) is 13.2 Å². The van der Waals surface area contributed by atoms with Crippen LogP contribution in [0.2, 0.25) is 0 Å². The van der Waals surface area contributed by atoms with Gasteiger partial charge in [-0.05, 0) is 30.9 Å². The molecule has 0 radical (unpaired) electrons. The lowest BCUT2D eigenvalue weighted by atomic mass is 10.2. The molecule has 0 saturated heterocycles. The van der Waals surface area contributed by atoms with Crippen molar-refractivity contribution in [3.8, 4) is 0 Å². The van der Waals surface area contributed by atoms with Crippen LogP contribution in [0.5, 0.6) is 0 Å². The zero-order valence-electron chi connectivity index (χ0n) is 9.20. The Morgan fingerprint density at radius 3 is 2.44 bits per heavy atom. The molecule has 1 aromatic rings. The molecule has 0 spiro atoms. The van der Waals surface area contributed by atoms with E-state index in [9.17, 15) is 22.8 Å². The van der Waals surface area contributed by atoms with Crippen LogP contribution in [-0.2, 0) is 12.7 Å². The van der Waals surface area contributed by atoms with Gasteiger partial charge >= 0.3 is 12.1 Å². The molecule has 0 atom stereocenters. The summed E-state index contributed by atoms with van der Waals surface area (Å²) in [4.78, 5) is 22.6. The highest BCUT2D eigenvalue weighted by Gasteiger charge is 2.36. The van der Waals surface area contributed by atoms with Gasteiger partial charge in [0.2, 0.25) is 0 Å². The zero-order valence-corrected chi connectivity index (χ0v) is 9.20. The number of hydrogen-bond donors (Lipinski definition) is 1. The second-order valence-corrected chi connectivity index (χ2v) is 4.29. The van der Waals surface area contributed by atoms with Crippen molar-refractivity contribution in [2.45, 2.75) is 25.6 Å². The molecule has 1 saturated carbocycles. The number of halogens is 3. The third-order valence-electron chi connectivity index (χ3n) is 2.84. The van der Waals surface area contributed by atoms with E-state index in [1.807, 2.05) is 0 Å². The van der Waals surface area contributed by atoms with Crippen molar-refractivity contribution in [1.29, 1.82) is 0 Å². The third-order valence-corrected chi connectivity index (χ3v) is 2.84. The molecule has 1 aromatic heterocycles. The van der Waals surface area contributed by atoms with E-state index in [2.05, 4.69) is 0 Å². The van der Waals surface area contributed by atoms with E-state index in [1.165, 1.54) is 0 Å². The quantitative estimate of drug-likeness (QED) is 0.905. The van der Waals surface area contributed by atoms with E-state index >= 15 is 0 Å². The minimum Gasteiger partial charge on any atom is -0.477 e. The van der Waals surface area contributed by atoms with Gasteiger partial charge in [0.25, 0.3) is 5.56 Å². The molecule has 2 rings (SSSR count). The number of aromatic carboxylic acids is 1. The first-order chi connectivity index (χ1) is 8.30. The van der Waals surface area contributed by atoms with Gasteiger partial charge in [-0.1, -0.05) is 0 Å². The average Bonchev–Trinajstić information content (AvgIpc) is 3.02. The van der Waals surface area contributed by atoms with E-state index in [0.717, 1.165) is 18.9 Å². The number of carboxylic acid groups (broad SMARTS) is 1. The molecule has 4 nitrogen and oxygen atoms in total. The first kappa shape index (κ1) is 12.7. The number of carbonyl (C=O) groups is 1. The van der Waals surface area contributed by atoms with Crippen molar-refractivity contribution >= 4 is 5.97 Å². The first-order valence-electron chi connectivity index (χ1n) is 5.35. The lowest BCUT2D eigenvalue weighted by molar-refractivity contribution is -0.139. The van der Waals surface area contributed by atoms with Gasteiger partial charge in [-0.15, -0.1) is 0 Å². The van der Waals surface area contributed by atoms with Crippen molar-refractivity contribution in [2.75, 3.05) is 0 Å². The summed E-state index contributed by atoms with van der Waals surface area (Å²) in [7, 11) is 0. The van der Waals surface area contributed by atoms with Gasteiger partial charge in [0, 0.05) is 6.54 Å². The summed E-state index contributed by atoms with van der Waals surface area (Å²) in [6.07, 6.45) is -3.15. The normalized spacial score (nSPS) is 15.7. The fraction of sp³-hybridized carbons (Fsp3) is 0.455. The Morgan fingerprint density at radius 1 is 1.39 bits per heavy atom. The summed E-state index contributed by atoms with van der Waals surface area (Å²) in [5.41, 5.74) is -3.01. The predicted molar refractivity (Wildman–Crippen MR) is 55.4 cm³/mol. The van der Waals surface area contributed by atoms with E-state index in [-0.39, 0.29) is 12.5 Å². The molecule has 1 fully saturated rings. The average molecular weight is 261 g/mol. The zero-order chi connectivity index (χ0) is 13.5. The fourth-order valence-electron chi connectivity index (χ4n) is 1.72. The standard InChI is InChI=1S/C11H10F3NO3/c12-11(13,14)7-3-4-8(10(17)18)15(9(7)16)5-6-1-2-6/h3-4,6H,1-2,5H2,(H,17,18). The van der Waals surface area contributed by atoms with Gasteiger partial charge in [-0.25, -0.2) is 4.79 Å². The second-order valence-electron chi connectivity index (χ2n) is 4.29. The molecule has 1 heterocycles. The Labute approximate surface area is 99.7 Å². The molecular weight excluding hydrogens is 251 g/mol. The summed E-state index contributed by atoms with van der Waals surface area (Å²) in [6.45, 7) is 0.0321. The van der Waals surface area contributed by atoms with Crippen LogP contribution in [0.4, 0.5) is 13.2 Å². The molecule has 98 valence electrons. The lowest BCUT2D eigenvalue weighted by Crippen LogP contribution is -2.32. The third kappa shape index (κ3) is 2.39. The van der Waals surface area contributed by atoms with Gasteiger partial charge in [0.1, 0.15) is 11.3 Å². The van der Waals surface area contributed by atoms with Crippen LogP contribution in [0, 0.1) is 5.92 Å². The predicted octanol–water partition coefficient (Wildman–Crippen LogP) is 1.98. The Morgan fingerprint density at radius 2 is 2.00 bits per heavy atom. The van der Waals surface area contributed by atoms with E-state index < -0.39 is 29.0 Å². The van der Waals surface area contributed by atoms with E-state index in [4.69, 9.17) is 5.11 Å². The highest BCUT2D eigenvalue weighted by atomic mass is 19.4. The van der Waals surface area contributed by atoms with E-state index in [1.54, 1.807) is 0 Å². The summed E-state index contributed by atoms with van der Waals surface area (Å²) in [6, 6.07) is 1.35. The summed E-state index contributed by atoms with van der Waals surface area (Å²) in [5, 5.41) is 8.88. The topological polar surface area (TPSA) is 59.3 Å². The van der Waals surface area contributed by atoms with Gasteiger partial charge in [-0.3, -0.25) is 4.79 Å². The van der Waals surface area contributed by atoms with Crippen molar-refractivity contribution in [1.82, 2.24) is 4.57 Å². The van der Waals surface area contributed by atoms with Crippen LogP contribution < -0.4 is 5.56 Å². The van der Waals surface area contributed by atoms with Gasteiger partial charge < -0.3 is 9.67 Å². The molecule has 0 amide bonds. The number of nitrogens with zero attached hydrogens (tertiary/aromatic N) is 1. The van der Waals surface area contributed by atoms with Crippen molar-refractivity contribution < 1.29 is 23.1 Å². The minimum atomic E-state index is -4.76. The molecule has 1 N–H and O–H groups in total. The first-order valence-corrected chi connectivity index (χ1v) is 5.35. The molecular formula is C11H10F3NO3. The van der Waals surface area contributed by atoms with Crippen LogP contribution in [0.25, 0.3) is 0 Å². The lowest BCUT2D eigenvalue weighted by Gasteiger charge is -2.13. The SMILES string of the molecule is O=C(O)c1ccc(C(F)(F)F)c(=O)n1CC1CC1. The van der Waals surface area contributed by atoms with Gasteiger partial charge in [0.05, 0.1) is 0 Å². The number of hydrogen-bond acceptors (Lipinski definition) is 2. The number of alkyl halides is 3. The van der Waals surface area contributed by atoms with E-state index in [0.29, 0.717) is 10.6 Å². The molecule has 0 bridgehead atoms. The molecule has 18 heavy (non-hydrogen) atoms. The van der Waals surface area contributed by atoms with Crippen LogP contribution in [-0.4, -0.2) is 15.6 Å². The van der Waals surface area contributed by atoms with Gasteiger partial charge in [0.15, 0.2) is 0 Å². The number of pyridine rings is 1. The molecule has 1 aliphatic carbocycles. The van der Waals surface area contributed by atoms with Crippen LogP contribution in [0.3, 0.4) is 0 Å². The second kappa shape index (κ2) is 4.15. The Hall–Kier alpha value is -1.79. The molecule has 7 heteroatoms. The fourth-order valence-corrected chi connectivity index (χ4v) is 1.72. The summed E-state index contributed by atoms with van der Waals surface area (Å²) < 4.78 is 38.4. The monoisotopic (exact) mass is 261 g/mol. The smallest absolute Gasteiger partial charge is 0.421 e. The summed E-state index contributed by atoms with van der Waals surface area (Å²) in [5.74, 6) is -1.30. The van der Waals surface area contributed by atoms with Crippen LogP contribution in [0.1, 0.15) is 28.9 Å². The highest BCUT2D eigenvalue weighted by Crippen LogP contribution is 2.31. The Balaban J connectivity index is 2.55.